The number of nitrogens with two attached hydrogens (primary N) is 1. The number of rotatable bonds is 8. The summed E-state index contributed by atoms with van der Waals surface area (Å²) in [7, 11) is -2.71. The highest BCUT2D eigenvalue weighted by Gasteiger charge is 2.19. The van der Waals surface area contributed by atoms with Crippen molar-refractivity contribution in [1.82, 2.24) is 0 Å². The summed E-state index contributed by atoms with van der Waals surface area (Å²) in [6.45, 7) is 2.47. The summed E-state index contributed by atoms with van der Waals surface area (Å²) in [5, 5.41) is 0. The largest absolute Gasteiger partial charge is 0.323 e. The van der Waals surface area contributed by atoms with Gasteiger partial charge in [0.2, 0.25) is 7.37 Å². The topological polar surface area (TPSA) is 52.3 Å². The van der Waals surface area contributed by atoms with Gasteiger partial charge in [0.15, 0.2) is 0 Å². The molecule has 0 spiro atoms. The van der Waals surface area contributed by atoms with Crippen LogP contribution in [0, 0.1) is 0 Å². The first kappa shape index (κ1) is 15.2. The van der Waals surface area contributed by atoms with Crippen molar-refractivity contribution < 1.29 is 9.09 Å². The first-order valence-electron chi connectivity index (χ1n) is 6.32. The van der Waals surface area contributed by atoms with Crippen molar-refractivity contribution in [1.29, 1.82) is 0 Å². The lowest BCUT2D eigenvalue weighted by molar-refractivity contribution is 0.304. The van der Waals surface area contributed by atoms with E-state index in [-0.39, 0.29) is 6.29 Å². The summed E-state index contributed by atoms with van der Waals surface area (Å²) in [5.74, 6) is 0. The van der Waals surface area contributed by atoms with Gasteiger partial charge in [-0.15, -0.1) is 0 Å². The second kappa shape index (κ2) is 8.25. The first-order chi connectivity index (χ1) is 8.70. The molecule has 18 heavy (non-hydrogen) atoms. The molecule has 0 amide bonds. The third-order valence-electron chi connectivity index (χ3n) is 2.59. The molecule has 1 atom stereocenters. The number of benzene rings is 1. The predicted molar refractivity (Wildman–Crippen MR) is 76.8 cm³/mol. The molecule has 1 aromatic carbocycles. The van der Waals surface area contributed by atoms with Crippen molar-refractivity contribution in [3.63, 3.8) is 0 Å². The van der Waals surface area contributed by atoms with Gasteiger partial charge in [0, 0.05) is 6.16 Å². The Morgan fingerprint density at radius 3 is 2.61 bits per heavy atom. The van der Waals surface area contributed by atoms with E-state index in [9.17, 15) is 4.57 Å². The molecule has 3 nitrogen and oxygen atoms in total. The molecule has 0 saturated heterocycles. The fourth-order valence-electron chi connectivity index (χ4n) is 1.47. The molecule has 0 heterocycles. The highest BCUT2D eigenvalue weighted by atomic mass is 31.2. The van der Waals surface area contributed by atoms with Crippen LogP contribution in [0.4, 0.5) is 0 Å². The number of unbranched alkanes of at least 4 members (excludes halogenated alkanes) is 1. The molecule has 0 aromatic heterocycles. The zero-order valence-corrected chi connectivity index (χ0v) is 11.8. The standard InChI is InChI=1S/C14H22NO2P/c1-2-3-4-8-11-18(16,13-15)17-12-14-9-6-5-7-10-14/h4-10H,2-3,11-13,15H2,1H3/b8-4+/t18-/m0/s1. The van der Waals surface area contributed by atoms with Crippen LogP contribution in [0.3, 0.4) is 0 Å². The van der Waals surface area contributed by atoms with Gasteiger partial charge >= 0.3 is 0 Å². The number of hydrogen-bond donors (Lipinski definition) is 1. The van der Waals surface area contributed by atoms with Crippen LogP contribution in [0.15, 0.2) is 42.5 Å². The number of hydrogen-bond acceptors (Lipinski definition) is 3. The van der Waals surface area contributed by atoms with Gasteiger partial charge in [0.25, 0.3) is 0 Å². The van der Waals surface area contributed by atoms with Crippen LogP contribution in [0.1, 0.15) is 25.3 Å². The molecule has 100 valence electrons. The Morgan fingerprint density at radius 1 is 1.28 bits per heavy atom. The quantitative estimate of drug-likeness (QED) is 0.576. The smallest absolute Gasteiger partial charge is 0.220 e. The Balaban J connectivity index is 2.47. The van der Waals surface area contributed by atoms with E-state index in [1.54, 1.807) is 0 Å². The van der Waals surface area contributed by atoms with E-state index in [2.05, 4.69) is 6.92 Å². The molecule has 0 aliphatic carbocycles. The van der Waals surface area contributed by atoms with Crippen LogP contribution >= 0.6 is 7.37 Å². The summed E-state index contributed by atoms with van der Waals surface area (Å²) in [4.78, 5) is 0. The molecule has 1 aromatic rings. The van der Waals surface area contributed by atoms with Gasteiger partial charge in [0.05, 0.1) is 12.9 Å². The summed E-state index contributed by atoms with van der Waals surface area (Å²) in [5.41, 5.74) is 6.58. The molecule has 0 radical (unpaired) electrons. The van der Waals surface area contributed by atoms with E-state index in [0.717, 1.165) is 18.4 Å². The minimum Gasteiger partial charge on any atom is -0.323 e. The van der Waals surface area contributed by atoms with Crippen LogP contribution in [-0.4, -0.2) is 12.4 Å². The Morgan fingerprint density at radius 2 is 2.00 bits per heavy atom. The Bertz CT molecular complexity index is 404. The molecule has 0 aliphatic rings. The van der Waals surface area contributed by atoms with Crippen molar-refractivity contribution in [2.24, 2.45) is 5.73 Å². The monoisotopic (exact) mass is 267 g/mol. The van der Waals surface area contributed by atoms with E-state index < -0.39 is 7.37 Å². The summed E-state index contributed by atoms with van der Waals surface area (Å²) >= 11 is 0. The predicted octanol–water partition coefficient (Wildman–Crippen LogP) is 3.75. The molecule has 0 bridgehead atoms. The van der Waals surface area contributed by atoms with Gasteiger partial charge in [-0.3, -0.25) is 4.57 Å². The minimum absolute atomic E-state index is 0.0936. The van der Waals surface area contributed by atoms with Crippen molar-refractivity contribution in [3.05, 3.63) is 48.0 Å². The van der Waals surface area contributed by atoms with E-state index >= 15 is 0 Å². The average Bonchev–Trinajstić information content (AvgIpc) is 2.43. The van der Waals surface area contributed by atoms with Gasteiger partial charge in [0.1, 0.15) is 0 Å². The average molecular weight is 267 g/mol. The Hall–Kier alpha value is -0.890. The van der Waals surface area contributed by atoms with Gasteiger partial charge in [-0.2, -0.15) is 0 Å². The zero-order chi connectivity index (χ0) is 13.3. The Kier molecular flexibility index (Phi) is 6.96. The van der Waals surface area contributed by atoms with Crippen LogP contribution in [0.25, 0.3) is 0 Å². The van der Waals surface area contributed by atoms with Crippen LogP contribution in [0.5, 0.6) is 0 Å². The molecule has 0 saturated carbocycles. The third-order valence-corrected chi connectivity index (χ3v) is 4.52. The molecule has 0 aliphatic heterocycles. The zero-order valence-electron chi connectivity index (χ0n) is 10.9. The van der Waals surface area contributed by atoms with Gasteiger partial charge in [-0.05, 0) is 12.0 Å². The summed E-state index contributed by atoms with van der Waals surface area (Å²) in [6, 6.07) is 9.72. The molecule has 0 unspecified atom stereocenters. The van der Waals surface area contributed by atoms with Crippen molar-refractivity contribution in [2.75, 3.05) is 12.4 Å². The van der Waals surface area contributed by atoms with Crippen LogP contribution in [0.2, 0.25) is 0 Å². The Labute approximate surface area is 109 Å². The lowest BCUT2D eigenvalue weighted by atomic mass is 10.2. The number of allylic oxidation sites excluding steroid dienone is 2. The molecule has 0 fully saturated rings. The lowest BCUT2D eigenvalue weighted by Crippen LogP contribution is -2.06. The third kappa shape index (κ3) is 5.63. The maximum Gasteiger partial charge on any atom is 0.220 e. The van der Waals surface area contributed by atoms with E-state index in [1.165, 1.54) is 0 Å². The summed E-state index contributed by atoms with van der Waals surface area (Å²) in [6.07, 6.45) is 6.57. The highest BCUT2D eigenvalue weighted by Crippen LogP contribution is 2.45. The molecule has 2 N–H and O–H groups in total. The van der Waals surface area contributed by atoms with Crippen molar-refractivity contribution >= 4 is 7.37 Å². The molecule has 4 heteroatoms. The normalized spacial score (nSPS) is 14.8. The van der Waals surface area contributed by atoms with Gasteiger partial charge in [-0.1, -0.05) is 55.8 Å². The summed E-state index contributed by atoms with van der Waals surface area (Å²) < 4.78 is 17.8. The van der Waals surface area contributed by atoms with E-state index in [4.69, 9.17) is 10.3 Å². The maximum absolute atomic E-state index is 12.3. The molecular formula is C14H22NO2P. The molecular weight excluding hydrogens is 245 g/mol. The van der Waals surface area contributed by atoms with Crippen molar-refractivity contribution in [3.8, 4) is 0 Å². The van der Waals surface area contributed by atoms with Crippen LogP contribution < -0.4 is 5.73 Å². The minimum atomic E-state index is -2.71. The van der Waals surface area contributed by atoms with E-state index in [1.807, 2.05) is 42.5 Å². The second-order valence-corrected chi connectivity index (χ2v) is 6.82. The fraction of sp³-hybridized carbons (Fsp3) is 0.429. The van der Waals surface area contributed by atoms with Gasteiger partial charge in [-0.25, -0.2) is 0 Å². The SMILES string of the molecule is CCC/C=C/C[P@@](=O)(CN)OCc1ccccc1. The maximum atomic E-state index is 12.3. The molecule has 1 rings (SSSR count). The highest BCUT2D eigenvalue weighted by molar-refractivity contribution is 7.59. The van der Waals surface area contributed by atoms with E-state index in [0.29, 0.717) is 12.8 Å². The first-order valence-corrected chi connectivity index (χ1v) is 8.31. The lowest BCUT2D eigenvalue weighted by Gasteiger charge is -2.15. The second-order valence-electron chi connectivity index (χ2n) is 4.20. The van der Waals surface area contributed by atoms with Crippen molar-refractivity contribution in [2.45, 2.75) is 26.4 Å². The van der Waals surface area contributed by atoms with Crippen LogP contribution in [-0.2, 0) is 15.7 Å². The fourth-order valence-corrected chi connectivity index (χ4v) is 2.68. The van der Waals surface area contributed by atoms with Gasteiger partial charge < -0.3 is 10.3 Å².